The SMILES string of the molecule is CCCC(NCC)C1CCCC(C(C)(C)C)CC1. The van der Waals surface area contributed by atoms with Gasteiger partial charge in [0, 0.05) is 6.04 Å². The summed E-state index contributed by atoms with van der Waals surface area (Å²) in [5.41, 5.74) is 0.507. The second-order valence-electron chi connectivity index (χ2n) is 7.28. The van der Waals surface area contributed by atoms with Crippen molar-refractivity contribution in [3.8, 4) is 0 Å². The molecule has 0 spiro atoms. The molecule has 1 aliphatic rings. The van der Waals surface area contributed by atoms with Gasteiger partial charge in [-0.05, 0) is 55.9 Å². The summed E-state index contributed by atoms with van der Waals surface area (Å²) in [6.07, 6.45) is 9.91. The summed E-state index contributed by atoms with van der Waals surface area (Å²) in [6.45, 7) is 13.0. The first kappa shape index (κ1) is 16.0. The van der Waals surface area contributed by atoms with Crippen molar-refractivity contribution in [3.05, 3.63) is 0 Å². The fraction of sp³-hybridized carbons (Fsp3) is 1.00. The largest absolute Gasteiger partial charge is 0.314 e. The molecule has 0 aromatic heterocycles. The molecule has 1 nitrogen and oxygen atoms in total. The Morgan fingerprint density at radius 1 is 1.06 bits per heavy atom. The third kappa shape index (κ3) is 4.91. The van der Waals surface area contributed by atoms with Crippen LogP contribution < -0.4 is 5.32 Å². The number of hydrogen-bond donors (Lipinski definition) is 1. The van der Waals surface area contributed by atoms with Crippen LogP contribution in [0, 0.1) is 17.3 Å². The molecular formula is C17H35N. The minimum atomic E-state index is 0.507. The zero-order chi connectivity index (χ0) is 13.6. The summed E-state index contributed by atoms with van der Waals surface area (Å²) in [7, 11) is 0. The Labute approximate surface area is 115 Å². The van der Waals surface area contributed by atoms with E-state index in [-0.39, 0.29) is 0 Å². The van der Waals surface area contributed by atoms with Crippen molar-refractivity contribution in [1.29, 1.82) is 0 Å². The molecule has 0 bridgehead atoms. The smallest absolute Gasteiger partial charge is 0.00951 e. The van der Waals surface area contributed by atoms with Gasteiger partial charge in [0.2, 0.25) is 0 Å². The number of nitrogens with one attached hydrogen (secondary N) is 1. The molecule has 0 saturated heterocycles. The lowest BCUT2D eigenvalue weighted by Gasteiger charge is -2.30. The fourth-order valence-electron chi connectivity index (χ4n) is 3.68. The van der Waals surface area contributed by atoms with E-state index in [2.05, 4.69) is 39.9 Å². The zero-order valence-electron chi connectivity index (χ0n) is 13.4. The molecule has 1 N–H and O–H groups in total. The maximum atomic E-state index is 3.73. The van der Waals surface area contributed by atoms with E-state index >= 15 is 0 Å². The lowest BCUT2D eigenvalue weighted by Crippen LogP contribution is -2.36. The molecule has 0 aliphatic heterocycles. The van der Waals surface area contributed by atoms with E-state index in [1.54, 1.807) is 0 Å². The Morgan fingerprint density at radius 3 is 2.33 bits per heavy atom. The summed E-state index contributed by atoms with van der Waals surface area (Å²) < 4.78 is 0. The molecule has 3 unspecified atom stereocenters. The molecule has 1 fully saturated rings. The maximum absolute atomic E-state index is 3.73. The summed E-state index contributed by atoms with van der Waals surface area (Å²) >= 11 is 0. The highest BCUT2D eigenvalue weighted by Crippen LogP contribution is 2.39. The van der Waals surface area contributed by atoms with Crippen LogP contribution in [0.25, 0.3) is 0 Å². The van der Waals surface area contributed by atoms with Gasteiger partial charge in [-0.15, -0.1) is 0 Å². The summed E-state index contributed by atoms with van der Waals surface area (Å²) in [5.74, 6) is 1.86. The van der Waals surface area contributed by atoms with E-state index in [0.717, 1.165) is 24.4 Å². The molecule has 0 amide bonds. The van der Waals surface area contributed by atoms with Crippen LogP contribution in [0.1, 0.15) is 79.6 Å². The van der Waals surface area contributed by atoms with Crippen LogP contribution >= 0.6 is 0 Å². The average Bonchev–Trinajstić information content (AvgIpc) is 2.53. The van der Waals surface area contributed by atoms with Crippen LogP contribution in [0.15, 0.2) is 0 Å². The molecule has 18 heavy (non-hydrogen) atoms. The van der Waals surface area contributed by atoms with Crippen LogP contribution in [0.2, 0.25) is 0 Å². The van der Waals surface area contributed by atoms with Crippen molar-refractivity contribution in [2.75, 3.05) is 6.54 Å². The van der Waals surface area contributed by atoms with E-state index in [1.165, 1.54) is 44.9 Å². The first-order chi connectivity index (χ1) is 8.49. The summed E-state index contributed by atoms with van der Waals surface area (Å²) in [4.78, 5) is 0. The second-order valence-corrected chi connectivity index (χ2v) is 7.28. The molecule has 0 radical (unpaired) electrons. The standard InChI is InChI=1S/C17H35N/c1-6-9-16(18-7-2)14-10-8-11-15(13-12-14)17(3,4)5/h14-16,18H,6-13H2,1-5H3. The fourth-order valence-corrected chi connectivity index (χ4v) is 3.68. The first-order valence-corrected chi connectivity index (χ1v) is 8.22. The molecule has 0 aromatic carbocycles. The molecule has 0 aromatic rings. The predicted octanol–water partition coefficient (Wildman–Crippen LogP) is 5.01. The van der Waals surface area contributed by atoms with Gasteiger partial charge in [0.25, 0.3) is 0 Å². The Kier molecular flexibility index (Phi) is 6.70. The predicted molar refractivity (Wildman–Crippen MR) is 81.9 cm³/mol. The number of hydrogen-bond acceptors (Lipinski definition) is 1. The highest BCUT2D eigenvalue weighted by molar-refractivity contribution is 4.83. The Hall–Kier alpha value is -0.0400. The molecule has 108 valence electrons. The third-order valence-corrected chi connectivity index (χ3v) is 4.87. The lowest BCUT2D eigenvalue weighted by atomic mass is 9.76. The monoisotopic (exact) mass is 253 g/mol. The molecule has 1 heteroatoms. The van der Waals surface area contributed by atoms with Gasteiger partial charge in [0.05, 0.1) is 0 Å². The highest BCUT2D eigenvalue weighted by Gasteiger charge is 2.30. The number of rotatable bonds is 5. The van der Waals surface area contributed by atoms with E-state index in [9.17, 15) is 0 Å². The third-order valence-electron chi connectivity index (χ3n) is 4.87. The minimum absolute atomic E-state index is 0.507. The normalized spacial score (nSPS) is 27.8. The van der Waals surface area contributed by atoms with Crippen LogP contribution in [-0.4, -0.2) is 12.6 Å². The van der Waals surface area contributed by atoms with Gasteiger partial charge in [-0.25, -0.2) is 0 Å². The molecule has 1 aliphatic carbocycles. The quantitative estimate of drug-likeness (QED) is 0.679. The van der Waals surface area contributed by atoms with Crippen molar-refractivity contribution in [2.45, 2.75) is 85.6 Å². The van der Waals surface area contributed by atoms with Crippen molar-refractivity contribution in [1.82, 2.24) is 5.32 Å². The minimum Gasteiger partial charge on any atom is -0.314 e. The Morgan fingerprint density at radius 2 is 1.78 bits per heavy atom. The first-order valence-electron chi connectivity index (χ1n) is 8.22. The molecule has 3 atom stereocenters. The maximum Gasteiger partial charge on any atom is 0.00951 e. The molecule has 0 heterocycles. The zero-order valence-corrected chi connectivity index (χ0v) is 13.4. The van der Waals surface area contributed by atoms with E-state index in [1.807, 2.05) is 0 Å². The van der Waals surface area contributed by atoms with E-state index in [4.69, 9.17) is 0 Å². The second kappa shape index (κ2) is 7.53. The van der Waals surface area contributed by atoms with Gasteiger partial charge in [-0.3, -0.25) is 0 Å². The Bertz CT molecular complexity index is 210. The van der Waals surface area contributed by atoms with Crippen molar-refractivity contribution in [3.63, 3.8) is 0 Å². The lowest BCUT2D eigenvalue weighted by molar-refractivity contribution is 0.209. The van der Waals surface area contributed by atoms with Crippen LogP contribution in [0.4, 0.5) is 0 Å². The van der Waals surface area contributed by atoms with Crippen LogP contribution in [0.3, 0.4) is 0 Å². The van der Waals surface area contributed by atoms with Crippen molar-refractivity contribution in [2.24, 2.45) is 17.3 Å². The van der Waals surface area contributed by atoms with Gasteiger partial charge in [0.15, 0.2) is 0 Å². The van der Waals surface area contributed by atoms with E-state index < -0.39 is 0 Å². The van der Waals surface area contributed by atoms with Crippen LogP contribution in [-0.2, 0) is 0 Å². The molecular weight excluding hydrogens is 218 g/mol. The summed E-state index contributed by atoms with van der Waals surface area (Å²) in [5, 5.41) is 3.73. The average molecular weight is 253 g/mol. The van der Waals surface area contributed by atoms with Gasteiger partial charge in [-0.1, -0.05) is 47.5 Å². The van der Waals surface area contributed by atoms with Crippen molar-refractivity contribution < 1.29 is 0 Å². The molecule has 1 rings (SSSR count). The molecule has 1 saturated carbocycles. The van der Waals surface area contributed by atoms with Gasteiger partial charge < -0.3 is 5.32 Å². The van der Waals surface area contributed by atoms with Crippen LogP contribution in [0.5, 0.6) is 0 Å². The van der Waals surface area contributed by atoms with Crippen molar-refractivity contribution >= 4 is 0 Å². The van der Waals surface area contributed by atoms with Gasteiger partial charge in [-0.2, -0.15) is 0 Å². The van der Waals surface area contributed by atoms with E-state index in [0.29, 0.717) is 5.41 Å². The van der Waals surface area contributed by atoms with Gasteiger partial charge >= 0.3 is 0 Å². The summed E-state index contributed by atoms with van der Waals surface area (Å²) in [6, 6.07) is 0.777. The topological polar surface area (TPSA) is 12.0 Å². The van der Waals surface area contributed by atoms with Gasteiger partial charge in [0.1, 0.15) is 0 Å². The Balaban J connectivity index is 2.53. The highest BCUT2D eigenvalue weighted by atomic mass is 14.9.